The maximum atomic E-state index is 11.9. The van der Waals surface area contributed by atoms with E-state index in [1.165, 1.54) is 6.92 Å². The number of fused-ring (bicyclic) bond motifs is 1. The number of ketones is 2. The lowest BCUT2D eigenvalue weighted by Gasteiger charge is -2.20. The van der Waals surface area contributed by atoms with Crippen molar-refractivity contribution in [3.8, 4) is 5.75 Å². The van der Waals surface area contributed by atoms with Crippen LogP contribution in [0, 0.1) is 0 Å². The van der Waals surface area contributed by atoms with Gasteiger partial charge in [0.2, 0.25) is 0 Å². The molecule has 0 spiro atoms. The first-order chi connectivity index (χ1) is 9.28. The molecule has 1 aromatic rings. The van der Waals surface area contributed by atoms with Gasteiger partial charge in [-0.05, 0) is 32.9 Å². The van der Waals surface area contributed by atoms with Crippen molar-refractivity contribution in [3.05, 3.63) is 34.9 Å². The second-order valence-corrected chi connectivity index (χ2v) is 5.51. The molecule has 0 amide bonds. The third kappa shape index (κ3) is 3.14. The summed E-state index contributed by atoms with van der Waals surface area (Å²) in [6.07, 6.45) is 3.61. The van der Waals surface area contributed by atoms with Crippen LogP contribution in [0.25, 0.3) is 6.08 Å². The molecule has 1 N–H and O–H groups in total. The molecule has 4 heteroatoms. The molecular formula is C16H18O4. The molecule has 1 heterocycles. The molecule has 0 aliphatic carbocycles. The Kier molecular flexibility index (Phi) is 3.77. The molecule has 1 aromatic carbocycles. The first-order valence-corrected chi connectivity index (χ1v) is 6.54. The highest BCUT2D eigenvalue weighted by atomic mass is 16.5. The van der Waals surface area contributed by atoms with Gasteiger partial charge >= 0.3 is 0 Å². The molecule has 0 saturated carbocycles. The SMILES string of the molecule is CC(=O)c1cc(/C=C/C(C)(C)O)c2c(c1)C(=O)CCO2. The topological polar surface area (TPSA) is 63.6 Å². The van der Waals surface area contributed by atoms with Crippen LogP contribution in [0.5, 0.6) is 5.75 Å². The standard InChI is InChI=1S/C16H18O4/c1-10(17)12-8-11(4-6-16(2,3)19)15-13(9-12)14(18)5-7-20-15/h4,6,8-9,19H,5,7H2,1-3H3/b6-4+. The summed E-state index contributed by atoms with van der Waals surface area (Å²) in [6.45, 7) is 5.10. The molecule has 0 bridgehead atoms. The van der Waals surface area contributed by atoms with E-state index in [9.17, 15) is 14.7 Å². The van der Waals surface area contributed by atoms with Gasteiger partial charge in [0.05, 0.1) is 17.8 Å². The van der Waals surface area contributed by atoms with Crippen LogP contribution in [0.1, 0.15) is 53.5 Å². The summed E-state index contributed by atoms with van der Waals surface area (Å²) in [4.78, 5) is 23.5. The summed E-state index contributed by atoms with van der Waals surface area (Å²) >= 11 is 0. The van der Waals surface area contributed by atoms with Crippen LogP contribution in [0.4, 0.5) is 0 Å². The van der Waals surface area contributed by atoms with E-state index in [1.807, 2.05) is 0 Å². The molecular weight excluding hydrogens is 256 g/mol. The third-order valence-electron chi connectivity index (χ3n) is 3.07. The van der Waals surface area contributed by atoms with Crippen LogP contribution in [-0.4, -0.2) is 28.9 Å². The monoisotopic (exact) mass is 274 g/mol. The molecule has 1 aliphatic heterocycles. The fourth-order valence-corrected chi connectivity index (χ4v) is 2.02. The number of carbonyl (C=O) groups excluding carboxylic acids is 2. The summed E-state index contributed by atoms with van der Waals surface area (Å²) in [5.74, 6) is 0.364. The van der Waals surface area contributed by atoms with E-state index in [0.717, 1.165) is 0 Å². The average molecular weight is 274 g/mol. The molecule has 20 heavy (non-hydrogen) atoms. The number of ether oxygens (including phenoxy) is 1. The van der Waals surface area contributed by atoms with Gasteiger partial charge in [0.15, 0.2) is 11.6 Å². The summed E-state index contributed by atoms with van der Waals surface area (Å²) < 4.78 is 5.56. The summed E-state index contributed by atoms with van der Waals surface area (Å²) in [5.41, 5.74) is 0.581. The smallest absolute Gasteiger partial charge is 0.170 e. The van der Waals surface area contributed by atoms with Crippen molar-refractivity contribution in [2.24, 2.45) is 0 Å². The number of aliphatic hydroxyl groups is 1. The normalized spacial score (nSPS) is 15.1. The highest BCUT2D eigenvalue weighted by Gasteiger charge is 2.23. The largest absolute Gasteiger partial charge is 0.492 e. The molecule has 0 aromatic heterocycles. The minimum absolute atomic E-state index is 0.0211. The zero-order chi connectivity index (χ0) is 14.9. The van der Waals surface area contributed by atoms with E-state index in [0.29, 0.717) is 35.5 Å². The van der Waals surface area contributed by atoms with Crippen molar-refractivity contribution >= 4 is 17.6 Å². The maximum Gasteiger partial charge on any atom is 0.170 e. The lowest BCUT2D eigenvalue weighted by atomic mass is 9.95. The summed E-state index contributed by atoms with van der Waals surface area (Å²) in [6, 6.07) is 3.27. The second-order valence-electron chi connectivity index (χ2n) is 5.51. The van der Waals surface area contributed by atoms with Gasteiger partial charge in [-0.2, -0.15) is 0 Å². The highest BCUT2D eigenvalue weighted by Crippen LogP contribution is 2.32. The third-order valence-corrected chi connectivity index (χ3v) is 3.07. The van der Waals surface area contributed by atoms with Crippen molar-refractivity contribution in [2.75, 3.05) is 6.61 Å². The predicted molar refractivity (Wildman–Crippen MR) is 76.2 cm³/mol. The van der Waals surface area contributed by atoms with Gasteiger partial charge in [0.25, 0.3) is 0 Å². The van der Waals surface area contributed by atoms with Gasteiger partial charge < -0.3 is 9.84 Å². The molecule has 106 valence electrons. The summed E-state index contributed by atoms with van der Waals surface area (Å²) in [7, 11) is 0. The van der Waals surface area contributed by atoms with Crippen molar-refractivity contribution < 1.29 is 19.4 Å². The van der Waals surface area contributed by atoms with E-state index in [2.05, 4.69) is 0 Å². The van der Waals surface area contributed by atoms with Gasteiger partial charge in [-0.15, -0.1) is 0 Å². The fourth-order valence-electron chi connectivity index (χ4n) is 2.02. The van der Waals surface area contributed by atoms with E-state index in [-0.39, 0.29) is 11.6 Å². The average Bonchev–Trinajstić information content (AvgIpc) is 2.35. The number of hydrogen-bond acceptors (Lipinski definition) is 4. The van der Waals surface area contributed by atoms with Crippen LogP contribution < -0.4 is 4.74 Å². The molecule has 4 nitrogen and oxygen atoms in total. The zero-order valence-electron chi connectivity index (χ0n) is 11.9. The molecule has 0 saturated heterocycles. The number of Topliss-reactive ketones (excluding diaryl/α,β-unsaturated/α-hetero) is 2. The minimum atomic E-state index is -0.974. The van der Waals surface area contributed by atoms with Crippen molar-refractivity contribution in [3.63, 3.8) is 0 Å². The van der Waals surface area contributed by atoms with Crippen LogP contribution in [0.2, 0.25) is 0 Å². The number of benzene rings is 1. The Balaban J connectivity index is 2.57. The van der Waals surface area contributed by atoms with Gasteiger partial charge in [0.1, 0.15) is 5.75 Å². The molecule has 2 rings (SSSR count). The van der Waals surface area contributed by atoms with Crippen LogP contribution >= 0.6 is 0 Å². The maximum absolute atomic E-state index is 11.9. The van der Waals surface area contributed by atoms with Gasteiger partial charge in [-0.3, -0.25) is 9.59 Å². The predicted octanol–water partition coefficient (Wildman–Crippen LogP) is 2.64. The highest BCUT2D eigenvalue weighted by molar-refractivity contribution is 6.04. The lowest BCUT2D eigenvalue weighted by Crippen LogP contribution is -2.17. The van der Waals surface area contributed by atoms with Crippen molar-refractivity contribution in [1.82, 2.24) is 0 Å². The summed E-state index contributed by atoms with van der Waals surface area (Å²) in [5, 5.41) is 9.75. The molecule has 0 atom stereocenters. The quantitative estimate of drug-likeness (QED) is 0.861. The lowest BCUT2D eigenvalue weighted by molar-refractivity contribution is 0.0933. The first kappa shape index (κ1) is 14.5. The molecule has 0 fully saturated rings. The van der Waals surface area contributed by atoms with E-state index < -0.39 is 5.60 Å². The Morgan fingerprint density at radius 1 is 1.40 bits per heavy atom. The Labute approximate surface area is 118 Å². The Morgan fingerprint density at radius 2 is 2.10 bits per heavy atom. The Morgan fingerprint density at radius 3 is 2.70 bits per heavy atom. The Bertz CT molecular complexity index is 591. The Hall–Kier alpha value is -1.94. The number of hydrogen-bond donors (Lipinski definition) is 1. The first-order valence-electron chi connectivity index (χ1n) is 6.54. The van der Waals surface area contributed by atoms with Crippen LogP contribution in [-0.2, 0) is 0 Å². The van der Waals surface area contributed by atoms with Gasteiger partial charge in [-0.1, -0.05) is 12.2 Å². The van der Waals surface area contributed by atoms with Crippen molar-refractivity contribution in [2.45, 2.75) is 32.8 Å². The van der Waals surface area contributed by atoms with Crippen LogP contribution in [0.15, 0.2) is 18.2 Å². The molecule has 0 unspecified atom stereocenters. The number of carbonyl (C=O) groups is 2. The number of rotatable bonds is 3. The van der Waals surface area contributed by atoms with E-state index in [1.54, 1.807) is 38.1 Å². The fraction of sp³-hybridized carbons (Fsp3) is 0.375. The zero-order valence-corrected chi connectivity index (χ0v) is 11.9. The van der Waals surface area contributed by atoms with E-state index in [4.69, 9.17) is 4.74 Å². The molecule has 0 radical (unpaired) electrons. The van der Waals surface area contributed by atoms with Crippen molar-refractivity contribution in [1.29, 1.82) is 0 Å². The molecule has 1 aliphatic rings. The van der Waals surface area contributed by atoms with Gasteiger partial charge in [-0.25, -0.2) is 0 Å². The van der Waals surface area contributed by atoms with E-state index >= 15 is 0 Å². The second kappa shape index (κ2) is 5.21. The van der Waals surface area contributed by atoms with Gasteiger partial charge in [0, 0.05) is 17.5 Å². The minimum Gasteiger partial charge on any atom is -0.492 e. The van der Waals surface area contributed by atoms with Crippen LogP contribution in [0.3, 0.4) is 0 Å².